The molecule has 21 heavy (non-hydrogen) atoms. The molecule has 0 spiro atoms. The number of rotatable bonds is 9. The van der Waals surface area contributed by atoms with Gasteiger partial charge in [0, 0.05) is 17.6 Å². The molecular formula is C14H23BrN2O3S. The number of benzene rings is 1. The van der Waals surface area contributed by atoms with Crippen molar-refractivity contribution in [3.05, 3.63) is 22.7 Å². The number of halogens is 1. The molecule has 1 N–H and O–H groups in total. The maximum Gasteiger partial charge on any atom is 0.244 e. The first-order chi connectivity index (χ1) is 9.94. The van der Waals surface area contributed by atoms with Crippen LogP contribution >= 0.6 is 15.9 Å². The molecule has 0 fully saturated rings. The fraction of sp³-hybridized carbons (Fsp3) is 0.571. The van der Waals surface area contributed by atoms with Crippen LogP contribution in [0.4, 0.5) is 0 Å². The summed E-state index contributed by atoms with van der Waals surface area (Å²) in [5.74, 6) is 0.371. The summed E-state index contributed by atoms with van der Waals surface area (Å²) in [4.78, 5) is 2.32. The zero-order valence-electron chi connectivity index (χ0n) is 12.7. The van der Waals surface area contributed by atoms with Crippen LogP contribution in [0.25, 0.3) is 0 Å². The van der Waals surface area contributed by atoms with Gasteiger partial charge in [-0.05, 0) is 38.2 Å². The molecule has 5 nitrogen and oxygen atoms in total. The Labute approximate surface area is 135 Å². The van der Waals surface area contributed by atoms with E-state index in [4.69, 9.17) is 4.74 Å². The van der Waals surface area contributed by atoms with Crippen molar-refractivity contribution in [3.63, 3.8) is 0 Å². The zero-order chi connectivity index (χ0) is 15.9. The number of hydrogen-bond donors (Lipinski definition) is 1. The normalized spacial score (nSPS) is 11.9. The van der Waals surface area contributed by atoms with Gasteiger partial charge < -0.3 is 9.64 Å². The van der Waals surface area contributed by atoms with E-state index in [0.29, 0.717) is 29.9 Å². The van der Waals surface area contributed by atoms with Crippen LogP contribution < -0.4 is 9.46 Å². The molecule has 0 aliphatic rings. The van der Waals surface area contributed by atoms with E-state index in [-0.39, 0.29) is 4.90 Å². The molecular weight excluding hydrogens is 356 g/mol. The van der Waals surface area contributed by atoms with Gasteiger partial charge in [-0.15, -0.1) is 0 Å². The summed E-state index contributed by atoms with van der Waals surface area (Å²) < 4.78 is 33.5. The molecule has 0 saturated heterocycles. The number of nitrogens with zero attached hydrogens (tertiary/aromatic N) is 1. The lowest BCUT2D eigenvalue weighted by Crippen LogP contribution is -2.34. The number of hydrogen-bond acceptors (Lipinski definition) is 4. The highest BCUT2D eigenvalue weighted by Crippen LogP contribution is 2.27. The Hall–Kier alpha value is -0.630. The van der Waals surface area contributed by atoms with E-state index >= 15 is 0 Å². The molecule has 0 aromatic heterocycles. The third-order valence-corrected chi connectivity index (χ3v) is 5.09. The lowest BCUT2D eigenvalue weighted by molar-refractivity contribution is 0.308. The number of nitrogens with one attached hydrogen (secondary N) is 1. The Morgan fingerprint density at radius 3 is 2.48 bits per heavy atom. The van der Waals surface area contributed by atoms with Crippen molar-refractivity contribution in [1.82, 2.24) is 9.62 Å². The van der Waals surface area contributed by atoms with Crippen LogP contribution in [-0.4, -0.2) is 46.1 Å². The van der Waals surface area contributed by atoms with Gasteiger partial charge in [-0.2, -0.15) is 0 Å². The van der Waals surface area contributed by atoms with Crippen LogP contribution in [0.3, 0.4) is 0 Å². The predicted octanol–water partition coefficient (Wildman–Crippen LogP) is 2.47. The SMILES string of the molecule is CCOc1ccc(Br)cc1S(=O)(=O)NCCN(CC)CC. The molecule has 0 saturated carbocycles. The van der Waals surface area contributed by atoms with E-state index < -0.39 is 10.0 Å². The number of likely N-dealkylation sites (N-methyl/N-ethyl adjacent to an activating group) is 1. The average Bonchev–Trinajstić information content (AvgIpc) is 2.45. The van der Waals surface area contributed by atoms with E-state index in [1.807, 2.05) is 6.92 Å². The van der Waals surface area contributed by atoms with Gasteiger partial charge in [0.15, 0.2) is 0 Å². The molecule has 1 rings (SSSR count). The second-order valence-electron chi connectivity index (χ2n) is 4.45. The largest absolute Gasteiger partial charge is 0.492 e. The van der Waals surface area contributed by atoms with Gasteiger partial charge in [-0.25, -0.2) is 13.1 Å². The topological polar surface area (TPSA) is 58.6 Å². The standard InChI is InChI=1S/C14H23BrN2O3S/c1-4-17(5-2)10-9-16-21(18,19)14-11-12(15)7-8-13(14)20-6-3/h7-8,11,16H,4-6,9-10H2,1-3H3. The molecule has 0 atom stereocenters. The van der Waals surface area contributed by atoms with E-state index in [9.17, 15) is 8.42 Å². The molecule has 1 aromatic rings. The lowest BCUT2D eigenvalue weighted by Gasteiger charge is -2.18. The maximum atomic E-state index is 12.4. The molecule has 0 heterocycles. The summed E-state index contributed by atoms with van der Waals surface area (Å²) in [6, 6.07) is 4.98. The Balaban J connectivity index is 2.84. The fourth-order valence-electron chi connectivity index (χ4n) is 1.92. The van der Waals surface area contributed by atoms with Gasteiger partial charge >= 0.3 is 0 Å². The van der Waals surface area contributed by atoms with Crippen LogP contribution in [-0.2, 0) is 10.0 Å². The number of ether oxygens (including phenoxy) is 1. The quantitative estimate of drug-likeness (QED) is 0.716. The minimum absolute atomic E-state index is 0.165. The van der Waals surface area contributed by atoms with E-state index in [1.54, 1.807) is 18.2 Å². The smallest absolute Gasteiger partial charge is 0.244 e. The molecule has 120 valence electrons. The second kappa shape index (κ2) is 8.73. The van der Waals surface area contributed by atoms with Crippen molar-refractivity contribution >= 4 is 26.0 Å². The van der Waals surface area contributed by atoms with Crippen molar-refractivity contribution in [3.8, 4) is 5.75 Å². The van der Waals surface area contributed by atoms with Gasteiger partial charge in [0.25, 0.3) is 0 Å². The summed E-state index contributed by atoms with van der Waals surface area (Å²) in [5, 5.41) is 0. The summed E-state index contributed by atoms with van der Waals surface area (Å²) in [6.45, 7) is 9.22. The summed E-state index contributed by atoms with van der Waals surface area (Å²) in [7, 11) is -3.58. The monoisotopic (exact) mass is 378 g/mol. The lowest BCUT2D eigenvalue weighted by atomic mass is 10.3. The summed E-state index contributed by atoms with van der Waals surface area (Å²) in [5.41, 5.74) is 0. The Morgan fingerprint density at radius 2 is 1.90 bits per heavy atom. The van der Waals surface area contributed by atoms with Crippen molar-refractivity contribution in [2.75, 3.05) is 32.8 Å². The van der Waals surface area contributed by atoms with Crippen molar-refractivity contribution in [2.45, 2.75) is 25.7 Å². The molecule has 0 radical (unpaired) electrons. The molecule has 0 aliphatic carbocycles. The zero-order valence-corrected chi connectivity index (χ0v) is 15.1. The van der Waals surface area contributed by atoms with Crippen molar-refractivity contribution < 1.29 is 13.2 Å². The molecule has 7 heteroatoms. The third kappa shape index (κ3) is 5.58. The Morgan fingerprint density at radius 1 is 1.24 bits per heavy atom. The van der Waals surface area contributed by atoms with E-state index in [0.717, 1.165) is 13.1 Å². The highest BCUT2D eigenvalue weighted by atomic mass is 79.9. The van der Waals surface area contributed by atoms with Crippen LogP contribution in [0.15, 0.2) is 27.6 Å². The summed E-state index contributed by atoms with van der Waals surface area (Å²) >= 11 is 3.30. The average molecular weight is 379 g/mol. The highest BCUT2D eigenvalue weighted by molar-refractivity contribution is 9.10. The molecule has 0 amide bonds. The molecule has 0 bridgehead atoms. The molecule has 1 aromatic carbocycles. The third-order valence-electron chi connectivity index (χ3n) is 3.11. The number of sulfonamides is 1. The first-order valence-electron chi connectivity index (χ1n) is 7.08. The van der Waals surface area contributed by atoms with Crippen molar-refractivity contribution in [2.24, 2.45) is 0 Å². The van der Waals surface area contributed by atoms with Crippen LogP contribution in [0.2, 0.25) is 0 Å². The molecule has 0 aliphatic heterocycles. The Kier molecular flexibility index (Phi) is 7.65. The Bertz CT molecular complexity index is 545. The van der Waals surface area contributed by atoms with Crippen LogP contribution in [0.5, 0.6) is 5.75 Å². The van der Waals surface area contributed by atoms with Gasteiger partial charge in [0.1, 0.15) is 10.6 Å². The van der Waals surface area contributed by atoms with Crippen LogP contribution in [0, 0.1) is 0 Å². The second-order valence-corrected chi connectivity index (χ2v) is 7.10. The minimum atomic E-state index is -3.58. The predicted molar refractivity (Wildman–Crippen MR) is 88.3 cm³/mol. The molecule has 0 unspecified atom stereocenters. The van der Waals surface area contributed by atoms with Gasteiger partial charge in [0.05, 0.1) is 6.61 Å². The minimum Gasteiger partial charge on any atom is -0.492 e. The van der Waals surface area contributed by atoms with Crippen LogP contribution in [0.1, 0.15) is 20.8 Å². The van der Waals surface area contributed by atoms with Crippen molar-refractivity contribution in [1.29, 1.82) is 0 Å². The first kappa shape index (κ1) is 18.4. The van der Waals surface area contributed by atoms with Gasteiger partial charge in [-0.3, -0.25) is 0 Å². The summed E-state index contributed by atoms with van der Waals surface area (Å²) in [6.07, 6.45) is 0. The first-order valence-corrected chi connectivity index (χ1v) is 9.36. The highest BCUT2D eigenvalue weighted by Gasteiger charge is 2.20. The maximum absolute atomic E-state index is 12.4. The van der Waals surface area contributed by atoms with E-state index in [2.05, 4.69) is 39.4 Å². The van der Waals surface area contributed by atoms with Gasteiger partial charge in [0.2, 0.25) is 10.0 Å². The fourth-order valence-corrected chi connectivity index (χ4v) is 3.62. The van der Waals surface area contributed by atoms with E-state index in [1.165, 1.54) is 0 Å². The van der Waals surface area contributed by atoms with Gasteiger partial charge in [-0.1, -0.05) is 29.8 Å².